The van der Waals surface area contributed by atoms with E-state index in [4.69, 9.17) is 4.74 Å². The number of hydrogen-bond donors (Lipinski definition) is 0. The molecule has 0 aliphatic rings. The van der Waals surface area contributed by atoms with Crippen molar-refractivity contribution in [2.24, 2.45) is 0 Å². The zero-order chi connectivity index (χ0) is 21.9. The maximum absolute atomic E-state index is 12.4. The molecule has 0 aliphatic carbocycles. The van der Waals surface area contributed by atoms with Crippen molar-refractivity contribution in [2.45, 2.75) is 78.7 Å². The van der Waals surface area contributed by atoms with Crippen molar-refractivity contribution in [2.75, 3.05) is 6.61 Å². The van der Waals surface area contributed by atoms with Crippen molar-refractivity contribution in [3.05, 3.63) is 51.7 Å². The van der Waals surface area contributed by atoms with Gasteiger partial charge in [-0.1, -0.05) is 51.9 Å². The number of carbonyl (C=O) groups excluding carboxylic acids is 1. The highest BCUT2D eigenvalue weighted by atomic mass is 16.6. The van der Waals surface area contributed by atoms with Crippen molar-refractivity contribution in [1.29, 1.82) is 0 Å². The maximum Gasteiger partial charge on any atom is 0.339 e. The maximum atomic E-state index is 12.4. The van der Waals surface area contributed by atoms with Crippen LogP contribution in [0.5, 0.6) is 0 Å². The fourth-order valence-electron chi connectivity index (χ4n) is 3.75. The fourth-order valence-corrected chi connectivity index (χ4v) is 3.75. The topological polar surface area (TPSA) is 74.4 Å². The van der Waals surface area contributed by atoms with Gasteiger partial charge in [0, 0.05) is 30.1 Å². The Labute approximate surface area is 179 Å². The van der Waals surface area contributed by atoms with E-state index in [1.54, 1.807) is 19.1 Å². The van der Waals surface area contributed by atoms with E-state index in [1.165, 1.54) is 50.7 Å². The molecule has 0 saturated heterocycles. The predicted molar refractivity (Wildman–Crippen MR) is 120 cm³/mol. The van der Waals surface area contributed by atoms with E-state index in [9.17, 15) is 14.9 Å². The summed E-state index contributed by atoms with van der Waals surface area (Å²) in [6.07, 6.45) is 9.88. The number of ether oxygens (including phenoxy) is 1. The van der Waals surface area contributed by atoms with Crippen LogP contribution >= 0.6 is 0 Å². The van der Waals surface area contributed by atoms with Crippen molar-refractivity contribution in [3.63, 3.8) is 0 Å². The lowest BCUT2D eigenvalue weighted by molar-refractivity contribution is -0.384. The van der Waals surface area contributed by atoms with E-state index in [0.717, 1.165) is 36.3 Å². The molecule has 2 aromatic rings. The Morgan fingerprint density at radius 3 is 2.17 bits per heavy atom. The summed E-state index contributed by atoms with van der Waals surface area (Å²) in [5.41, 5.74) is 3.25. The molecule has 1 aromatic heterocycles. The number of rotatable bonds is 13. The van der Waals surface area contributed by atoms with Gasteiger partial charge in [0.05, 0.1) is 17.1 Å². The minimum Gasteiger partial charge on any atom is -0.462 e. The van der Waals surface area contributed by atoms with Crippen LogP contribution in [-0.2, 0) is 11.3 Å². The molecule has 0 bridgehead atoms. The second-order valence-corrected chi connectivity index (χ2v) is 7.68. The molecule has 6 nitrogen and oxygen atoms in total. The molecule has 0 saturated carbocycles. The van der Waals surface area contributed by atoms with Gasteiger partial charge in [-0.15, -0.1) is 0 Å². The largest absolute Gasteiger partial charge is 0.462 e. The molecular weight excluding hydrogens is 380 g/mol. The molecule has 0 N–H and O–H groups in total. The summed E-state index contributed by atoms with van der Waals surface area (Å²) >= 11 is 0. The zero-order valence-corrected chi connectivity index (χ0v) is 18.5. The smallest absolute Gasteiger partial charge is 0.339 e. The molecular formula is C24H34N2O4. The van der Waals surface area contributed by atoms with E-state index in [2.05, 4.69) is 11.5 Å². The van der Waals surface area contributed by atoms with Gasteiger partial charge in [-0.05, 0) is 44.0 Å². The van der Waals surface area contributed by atoms with E-state index in [1.807, 2.05) is 13.0 Å². The molecule has 2 rings (SSSR count). The second kappa shape index (κ2) is 12.2. The van der Waals surface area contributed by atoms with Crippen LogP contribution in [0.1, 0.15) is 81.3 Å². The van der Waals surface area contributed by atoms with Gasteiger partial charge in [-0.2, -0.15) is 0 Å². The van der Waals surface area contributed by atoms with Crippen molar-refractivity contribution < 1.29 is 14.5 Å². The number of hydrogen-bond acceptors (Lipinski definition) is 4. The Hall–Kier alpha value is -2.63. The van der Waals surface area contributed by atoms with Crippen LogP contribution in [0, 0.1) is 17.0 Å². The van der Waals surface area contributed by atoms with Gasteiger partial charge in [0.2, 0.25) is 0 Å². The minimum absolute atomic E-state index is 0.0577. The number of benzene rings is 1. The third kappa shape index (κ3) is 6.44. The van der Waals surface area contributed by atoms with Crippen LogP contribution in [0.25, 0.3) is 11.3 Å². The lowest BCUT2D eigenvalue weighted by Gasteiger charge is -2.12. The Morgan fingerprint density at radius 2 is 1.60 bits per heavy atom. The van der Waals surface area contributed by atoms with E-state index in [-0.39, 0.29) is 11.7 Å². The average molecular weight is 415 g/mol. The molecule has 164 valence electrons. The Morgan fingerprint density at radius 1 is 1.00 bits per heavy atom. The van der Waals surface area contributed by atoms with Gasteiger partial charge in [-0.25, -0.2) is 4.79 Å². The molecule has 0 aliphatic heterocycles. The van der Waals surface area contributed by atoms with E-state index in [0.29, 0.717) is 12.2 Å². The van der Waals surface area contributed by atoms with Crippen LogP contribution in [0.3, 0.4) is 0 Å². The van der Waals surface area contributed by atoms with Crippen LogP contribution in [0.4, 0.5) is 5.69 Å². The highest BCUT2D eigenvalue weighted by Gasteiger charge is 2.19. The molecule has 0 amide bonds. The predicted octanol–water partition coefficient (Wildman–Crippen LogP) is 6.69. The van der Waals surface area contributed by atoms with Gasteiger partial charge in [0.15, 0.2) is 0 Å². The van der Waals surface area contributed by atoms with Crippen molar-refractivity contribution in [3.8, 4) is 11.3 Å². The van der Waals surface area contributed by atoms with E-state index < -0.39 is 4.92 Å². The van der Waals surface area contributed by atoms with Gasteiger partial charge in [-0.3, -0.25) is 10.1 Å². The van der Waals surface area contributed by atoms with Crippen molar-refractivity contribution in [1.82, 2.24) is 4.57 Å². The molecule has 0 radical (unpaired) electrons. The number of nitro benzene ring substituents is 1. The summed E-state index contributed by atoms with van der Waals surface area (Å²) in [6.45, 7) is 7.10. The van der Waals surface area contributed by atoms with Crippen LogP contribution in [0.2, 0.25) is 0 Å². The first-order valence-electron chi connectivity index (χ1n) is 11.1. The summed E-state index contributed by atoms with van der Waals surface area (Å²) in [6, 6.07) is 8.34. The van der Waals surface area contributed by atoms with Crippen molar-refractivity contribution >= 4 is 11.7 Å². The molecule has 1 heterocycles. The molecule has 0 atom stereocenters. The SMILES string of the molecule is CCCCCCCCCCn1c(-c2ccc([N+](=O)[O-])cc2)cc(C(=O)OCC)c1C. The van der Waals surface area contributed by atoms with Crippen LogP contribution in [-0.4, -0.2) is 22.1 Å². The van der Waals surface area contributed by atoms with Crippen LogP contribution < -0.4 is 0 Å². The quantitative estimate of drug-likeness (QED) is 0.158. The summed E-state index contributed by atoms with van der Waals surface area (Å²) in [4.78, 5) is 22.9. The molecule has 30 heavy (non-hydrogen) atoms. The van der Waals surface area contributed by atoms with E-state index >= 15 is 0 Å². The third-order valence-electron chi connectivity index (χ3n) is 5.47. The fraction of sp³-hybridized carbons (Fsp3) is 0.542. The molecule has 0 spiro atoms. The third-order valence-corrected chi connectivity index (χ3v) is 5.47. The second-order valence-electron chi connectivity index (χ2n) is 7.68. The molecule has 0 unspecified atom stereocenters. The van der Waals surface area contributed by atoms with Gasteiger partial charge in [0.1, 0.15) is 0 Å². The normalized spacial score (nSPS) is 10.9. The molecule has 6 heteroatoms. The Balaban J connectivity index is 2.13. The minimum atomic E-state index is -0.404. The standard InChI is InChI=1S/C24H34N2O4/c1-4-6-7-8-9-10-11-12-17-25-19(3)22(24(27)30-5-2)18-23(25)20-13-15-21(16-14-20)26(28)29/h13-16,18H,4-12,17H2,1-3H3. The monoisotopic (exact) mass is 414 g/mol. The number of esters is 1. The number of non-ortho nitro benzene ring substituents is 1. The number of carbonyl (C=O) groups is 1. The van der Waals surface area contributed by atoms with Gasteiger partial charge in [0.25, 0.3) is 5.69 Å². The number of nitro groups is 1. The number of unbranched alkanes of at least 4 members (excludes halogenated alkanes) is 7. The number of aromatic nitrogens is 1. The van der Waals surface area contributed by atoms with Gasteiger partial charge < -0.3 is 9.30 Å². The Bertz CT molecular complexity index is 824. The first kappa shape index (κ1) is 23.6. The summed E-state index contributed by atoms with van der Waals surface area (Å²) in [5, 5.41) is 11.0. The highest BCUT2D eigenvalue weighted by Crippen LogP contribution is 2.29. The lowest BCUT2D eigenvalue weighted by atomic mass is 10.1. The number of nitrogens with zero attached hydrogens (tertiary/aromatic N) is 2. The lowest BCUT2D eigenvalue weighted by Crippen LogP contribution is -2.08. The Kier molecular flexibility index (Phi) is 9.58. The summed E-state index contributed by atoms with van der Waals surface area (Å²) < 4.78 is 7.36. The molecule has 1 aromatic carbocycles. The summed E-state index contributed by atoms with van der Waals surface area (Å²) in [7, 11) is 0. The zero-order valence-electron chi connectivity index (χ0n) is 18.5. The first-order valence-corrected chi connectivity index (χ1v) is 11.1. The highest BCUT2D eigenvalue weighted by molar-refractivity contribution is 5.92. The van der Waals surface area contributed by atoms with Crippen LogP contribution in [0.15, 0.2) is 30.3 Å². The first-order chi connectivity index (χ1) is 14.5. The summed E-state index contributed by atoms with van der Waals surface area (Å²) in [5.74, 6) is -0.326. The average Bonchev–Trinajstić information content (AvgIpc) is 3.06. The molecule has 0 fully saturated rings. The van der Waals surface area contributed by atoms with Gasteiger partial charge >= 0.3 is 5.97 Å².